The Kier molecular flexibility index (Phi) is 17.2. The van der Waals surface area contributed by atoms with Gasteiger partial charge in [0, 0.05) is 48.3 Å². The molecule has 1 unspecified atom stereocenters. The number of ether oxygens (including phenoxy) is 5. The number of carbonyl (C=O) groups excluding carboxylic acids is 1. The quantitative estimate of drug-likeness (QED) is 0.0120. The first-order chi connectivity index (χ1) is 30.3. The van der Waals surface area contributed by atoms with Crippen LogP contribution in [-0.4, -0.2) is 171 Å². The number of carboxylic acids is 1. The molecule has 0 radical (unpaired) electrons. The molecule has 63 heavy (non-hydrogen) atoms. The molecule has 5 aliphatic heterocycles. The van der Waals surface area contributed by atoms with Gasteiger partial charge in [-0.05, 0) is 38.8 Å². The van der Waals surface area contributed by atoms with Crippen molar-refractivity contribution in [2.45, 2.75) is 92.4 Å². The molecule has 20 nitrogen and oxygen atoms in total. The molecular weight excluding hydrogens is 867 g/mol. The second-order valence-corrected chi connectivity index (χ2v) is 18.6. The van der Waals surface area contributed by atoms with E-state index in [1.54, 1.807) is 27.7 Å². The highest BCUT2D eigenvalue weighted by molar-refractivity contribution is 8.77. The lowest BCUT2D eigenvalue weighted by Crippen LogP contribution is -3.14. The van der Waals surface area contributed by atoms with Crippen molar-refractivity contribution < 1.29 is 79.0 Å². The largest absolute Gasteiger partial charge is 0.477 e. The number of aliphatic hydroxyl groups excluding tert-OH is 5. The van der Waals surface area contributed by atoms with Gasteiger partial charge in [0.15, 0.2) is 18.4 Å². The molecule has 2 fully saturated rings. The summed E-state index contributed by atoms with van der Waals surface area (Å²) in [6.45, 7) is 2.40. The number of guanidine groups is 1. The summed E-state index contributed by atoms with van der Waals surface area (Å²) in [6.07, 6.45) is -1.83. The van der Waals surface area contributed by atoms with Gasteiger partial charge in [0.1, 0.15) is 48.9 Å². The Morgan fingerprint density at radius 2 is 2.02 bits per heavy atom. The molecule has 22 heteroatoms. The Hall–Kier alpha value is -3.51. The fraction of sp³-hybridized carbons (Fsp3) is 0.634. The van der Waals surface area contributed by atoms with Gasteiger partial charge >= 0.3 is 11.9 Å². The van der Waals surface area contributed by atoms with Crippen molar-refractivity contribution >= 4 is 39.5 Å². The minimum Gasteiger partial charge on any atom is -0.477 e. The van der Waals surface area contributed by atoms with Crippen molar-refractivity contribution in [3.63, 3.8) is 0 Å². The number of esters is 1. The maximum atomic E-state index is 14.5. The summed E-state index contributed by atoms with van der Waals surface area (Å²) >= 11 is 0. The molecule has 1 aliphatic carbocycles. The number of aliphatic imine (C=N–C) groups is 1. The van der Waals surface area contributed by atoms with Gasteiger partial charge in [-0.1, -0.05) is 39.5 Å². The van der Waals surface area contributed by atoms with Crippen LogP contribution < -0.4 is 21.3 Å². The monoisotopic (exact) mass is 924 g/mol. The maximum absolute atomic E-state index is 14.5. The molecule has 5 heterocycles. The van der Waals surface area contributed by atoms with Crippen LogP contribution >= 0.6 is 21.6 Å². The standard InChI is InChI=1S/C41H57N5O15S2/c1-3-24-32-21-7-5-10-30(27(16-48)46-14-23(13-21)33(25(15-46)36(52)53)45-40(42)44-11-6-12-47)63-62-20-22-8-4-9-28(22)58-37(54)26(32)19-57-38(24)61-39-35(60-31(18-50)43-2)41(55,56)34(51)29(17-49)59-39/h3,13,15,19,22,24,27-32,34-35,38-39,43,47-51,55-56H,1,4,6,8-12,14,16-18,20H2,2H3,(H,52,53)(H3,42,44,45)/p+1/b21-13+/t22-,24+,27-,28+,29+,30-,31+,32-,34+,35-,38-,39-/m0/s1. The van der Waals surface area contributed by atoms with E-state index in [1.807, 2.05) is 0 Å². The number of nitrogens with zero attached hydrogens (tertiary/aromatic N) is 1. The third-order valence-electron chi connectivity index (χ3n) is 11.9. The average Bonchev–Trinajstić information content (AvgIpc) is 3.70. The number of fused-ring (bicyclic) bond motifs is 8. The number of carbonyl (C=O) groups is 2. The lowest BCUT2D eigenvalue weighted by Gasteiger charge is -2.48. The van der Waals surface area contributed by atoms with Crippen LogP contribution in [0.1, 0.15) is 32.1 Å². The number of hydrogen-bond acceptors (Lipinski definition) is 18. The van der Waals surface area contributed by atoms with Crippen molar-refractivity contribution in [1.29, 1.82) is 0 Å². The van der Waals surface area contributed by atoms with Crippen molar-refractivity contribution in [2.75, 3.05) is 52.3 Å². The van der Waals surface area contributed by atoms with E-state index in [0.29, 0.717) is 29.1 Å². The third-order valence-corrected chi connectivity index (χ3v) is 14.9. The number of allylic oxidation sites excluding steroid dienone is 1. The topological polar surface area (TPSA) is 309 Å². The molecular formula is C41H58N5O15S2+. The van der Waals surface area contributed by atoms with Gasteiger partial charge in [0.05, 0.1) is 48.5 Å². The van der Waals surface area contributed by atoms with Crippen LogP contribution in [-0.2, 0) is 33.3 Å². The van der Waals surface area contributed by atoms with E-state index in [0.717, 1.165) is 19.1 Å². The number of aliphatic carboxylic acids is 1. The van der Waals surface area contributed by atoms with E-state index in [1.165, 1.54) is 19.3 Å². The van der Waals surface area contributed by atoms with Crippen molar-refractivity contribution in [3.05, 3.63) is 59.2 Å². The molecule has 348 valence electrons. The van der Waals surface area contributed by atoms with Crippen LogP contribution in [0.2, 0.25) is 0 Å². The zero-order valence-electron chi connectivity index (χ0n) is 34.7. The van der Waals surface area contributed by atoms with E-state index in [2.05, 4.69) is 34.0 Å². The van der Waals surface area contributed by atoms with Gasteiger partial charge in [0.25, 0.3) is 0 Å². The van der Waals surface area contributed by atoms with E-state index in [4.69, 9.17) is 29.4 Å². The van der Waals surface area contributed by atoms with Crippen LogP contribution in [0.25, 0.3) is 0 Å². The normalized spacial score (nSPS) is 35.8. The Balaban J connectivity index is 1.53. The Labute approximate surface area is 372 Å². The highest BCUT2D eigenvalue weighted by Crippen LogP contribution is 2.43. The fourth-order valence-corrected chi connectivity index (χ4v) is 11.8. The summed E-state index contributed by atoms with van der Waals surface area (Å²) in [5.74, 6) is -0.171. The predicted molar refractivity (Wildman–Crippen MR) is 227 cm³/mol. The average molecular weight is 925 g/mol. The summed E-state index contributed by atoms with van der Waals surface area (Å²) in [5.41, 5.74) is 6.88. The molecule has 6 aliphatic rings. The molecule has 0 amide bonds. The lowest BCUT2D eigenvalue weighted by atomic mass is 9.77. The minimum absolute atomic E-state index is 0.0211. The number of quaternary nitrogens is 1. The van der Waals surface area contributed by atoms with Crippen molar-refractivity contribution in [2.24, 2.45) is 28.5 Å². The first-order valence-electron chi connectivity index (χ1n) is 20.8. The maximum Gasteiger partial charge on any atom is 0.343 e. The number of hydrogen-bond donors (Lipinski definition) is 12. The Morgan fingerprint density at radius 3 is 2.70 bits per heavy atom. The highest BCUT2D eigenvalue weighted by Gasteiger charge is 2.58. The third kappa shape index (κ3) is 11.0. The highest BCUT2D eigenvalue weighted by atomic mass is 33.1. The van der Waals surface area contributed by atoms with Gasteiger partial charge in [-0.2, -0.15) is 0 Å². The molecule has 13 atom stereocenters. The van der Waals surface area contributed by atoms with Crippen LogP contribution in [0.15, 0.2) is 64.2 Å². The predicted octanol–water partition coefficient (Wildman–Crippen LogP) is -3.08. The van der Waals surface area contributed by atoms with Gasteiger partial charge < -0.3 is 75.6 Å². The van der Waals surface area contributed by atoms with Gasteiger partial charge in [-0.15, -0.1) is 6.58 Å². The molecule has 1 saturated heterocycles. The number of carboxylic acid groups (broad SMARTS) is 1. The first-order valence-corrected chi connectivity index (χ1v) is 23.2. The number of nitrogens with one attached hydrogen (secondary N) is 3. The van der Waals surface area contributed by atoms with Gasteiger partial charge in [-0.3, -0.25) is 15.2 Å². The second-order valence-electron chi connectivity index (χ2n) is 15.9. The Bertz CT molecular complexity index is 1900. The fourth-order valence-electron chi connectivity index (χ4n) is 8.51. The number of aliphatic hydroxyl groups is 7. The summed E-state index contributed by atoms with van der Waals surface area (Å²) in [5, 5.41) is 89.4. The zero-order valence-corrected chi connectivity index (χ0v) is 36.3. The summed E-state index contributed by atoms with van der Waals surface area (Å²) in [6, 6.07) is -0.499. The first kappa shape index (κ1) is 48.9. The van der Waals surface area contributed by atoms with Crippen LogP contribution in [0.5, 0.6) is 0 Å². The molecule has 13 N–H and O–H groups in total. The number of likely N-dealkylation sites (N-methyl/N-ethyl adjacent to an activating group) is 1. The van der Waals surface area contributed by atoms with E-state index in [9.17, 15) is 50.4 Å². The molecule has 0 aromatic carbocycles. The molecule has 0 aromatic heterocycles. The van der Waals surface area contributed by atoms with Crippen molar-refractivity contribution in [3.8, 4) is 11.8 Å². The summed E-state index contributed by atoms with van der Waals surface area (Å²) in [7, 11) is 4.57. The van der Waals surface area contributed by atoms with Crippen molar-refractivity contribution in [1.82, 2.24) is 10.6 Å². The van der Waals surface area contributed by atoms with Gasteiger partial charge in [-0.25, -0.2) is 9.59 Å². The van der Waals surface area contributed by atoms with Gasteiger partial charge in [0.2, 0.25) is 12.1 Å². The van der Waals surface area contributed by atoms with E-state index in [-0.39, 0.29) is 72.3 Å². The minimum atomic E-state index is -3.10. The molecule has 1 saturated carbocycles. The second kappa shape index (κ2) is 22.1. The van der Waals surface area contributed by atoms with Crippen LogP contribution in [0.3, 0.4) is 0 Å². The smallest absolute Gasteiger partial charge is 0.343 e. The van der Waals surface area contributed by atoms with Crippen LogP contribution in [0, 0.1) is 29.6 Å². The molecule has 0 spiro atoms. The summed E-state index contributed by atoms with van der Waals surface area (Å²) < 4.78 is 30.3. The number of rotatable bonds is 14. The molecule has 4 bridgehead atoms. The SMILES string of the molecule is C=C[C@H]1[C@H](O[C@@H]2O[C@H](CO)[C@@H](O)C(O)(O)[C@H]2O[C@H](CO)NC)OC=C2C(=O)O[C@@H]3CCC[C@H]3CSS[C@H]3CC#C/C(=C\C4=C(NC(N)=NCCCO)C(C(=O)O)=C[NH+](C4)[C@H]3CO)[C@H]21. The zero-order chi connectivity index (χ0) is 45.4. The number of nitrogens with two attached hydrogens (primary N) is 1. The lowest BCUT2D eigenvalue weighted by molar-refractivity contribution is -0.870. The van der Waals surface area contributed by atoms with E-state index >= 15 is 0 Å². The molecule has 6 rings (SSSR count). The summed E-state index contributed by atoms with van der Waals surface area (Å²) in [4.78, 5) is 32.4. The molecule has 0 aromatic rings. The van der Waals surface area contributed by atoms with E-state index < -0.39 is 92.0 Å². The Morgan fingerprint density at radius 1 is 1.22 bits per heavy atom. The van der Waals surface area contributed by atoms with Crippen LogP contribution in [0.4, 0.5) is 0 Å².